The summed E-state index contributed by atoms with van der Waals surface area (Å²) in [5.41, 5.74) is 12.8. The van der Waals surface area contributed by atoms with Crippen molar-refractivity contribution in [1.29, 1.82) is 0 Å². The highest BCUT2D eigenvalue weighted by molar-refractivity contribution is 6.29. The van der Waals surface area contributed by atoms with Gasteiger partial charge in [0.1, 0.15) is 16.7 Å². The second-order valence-corrected chi connectivity index (χ2v) is 14.7. The highest BCUT2D eigenvalue weighted by Crippen LogP contribution is 2.45. The molecule has 0 aliphatic heterocycles. The Morgan fingerprint density at radius 3 is 1.42 bits per heavy atom. The average Bonchev–Trinajstić information content (AvgIpc) is 3.93. The molecule has 0 N–H and O–H groups in total. The van der Waals surface area contributed by atoms with Crippen LogP contribution in [0, 0.1) is 0 Å². The Kier molecular flexibility index (Phi) is 6.89. The van der Waals surface area contributed by atoms with E-state index in [0.29, 0.717) is 0 Å². The molecule has 12 aromatic rings. The highest BCUT2D eigenvalue weighted by Gasteiger charge is 2.30. The molecule has 0 atom stereocenters. The minimum absolute atomic E-state index is 1.08. The van der Waals surface area contributed by atoms with E-state index in [2.05, 4.69) is 231 Å². The van der Waals surface area contributed by atoms with E-state index in [1.54, 1.807) is 0 Å². The molecule has 0 fully saturated rings. The third-order valence-electron chi connectivity index (χ3n) is 11.7. The van der Waals surface area contributed by atoms with Gasteiger partial charge in [0.15, 0.2) is 0 Å². The number of nitrogens with zero attached hydrogens (tertiary/aromatic N) is 4. The van der Waals surface area contributed by atoms with Crippen LogP contribution >= 0.6 is 0 Å². The van der Waals surface area contributed by atoms with Crippen molar-refractivity contribution in [2.45, 2.75) is 0 Å². The molecule has 12 rings (SSSR count). The molecule has 0 aliphatic carbocycles. The molecule has 0 saturated heterocycles. The molecule has 4 aromatic heterocycles. The van der Waals surface area contributed by atoms with Crippen LogP contribution in [-0.2, 0) is 0 Å². The van der Waals surface area contributed by atoms with Crippen LogP contribution in [0.3, 0.4) is 0 Å². The smallest absolute Gasteiger partial charge is 0.300 e. The number of benzene rings is 8. The van der Waals surface area contributed by atoms with Gasteiger partial charge in [-0.2, -0.15) is 9.13 Å². The minimum atomic E-state index is 1.08. The van der Waals surface area contributed by atoms with Crippen molar-refractivity contribution < 1.29 is 4.57 Å². The lowest BCUT2D eigenvalue weighted by atomic mass is 10.0. The van der Waals surface area contributed by atoms with E-state index in [1.165, 1.54) is 59.9 Å². The monoisotopic (exact) mass is 727 g/mol. The van der Waals surface area contributed by atoms with Crippen molar-refractivity contribution in [2.75, 3.05) is 0 Å². The Labute approximate surface area is 328 Å². The number of aromatic nitrogens is 4. The summed E-state index contributed by atoms with van der Waals surface area (Å²) in [7, 11) is 0. The van der Waals surface area contributed by atoms with Gasteiger partial charge < -0.3 is 9.13 Å². The van der Waals surface area contributed by atoms with Crippen LogP contribution in [0.5, 0.6) is 0 Å². The van der Waals surface area contributed by atoms with Gasteiger partial charge in [0.05, 0.1) is 33.8 Å². The van der Waals surface area contributed by atoms with Crippen LogP contribution in [0.15, 0.2) is 212 Å². The summed E-state index contributed by atoms with van der Waals surface area (Å²) < 4.78 is 9.73. The van der Waals surface area contributed by atoms with Gasteiger partial charge in [-0.25, -0.2) is 0 Å². The van der Waals surface area contributed by atoms with E-state index in [9.17, 15) is 0 Å². The van der Waals surface area contributed by atoms with Gasteiger partial charge in [-0.15, -0.1) is 0 Å². The topological polar surface area (TPSA) is 18.7 Å². The Morgan fingerprint density at radius 2 is 0.772 bits per heavy atom. The van der Waals surface area contributed by atoms with Crippen LogP contribution in [0.1, 0.15) is 0 Å². The van der Waals surface area contributed by atoms with Crippen LogP contribution in [0.4, 0.5) is 0 Å². The van der Waals surface area contributed by atoms with Gasteiger partial charge in [0.2, 0.25) is 0 Å². The molecule has 4 heteroatoms. The summed E-state index contributed by atoms with van der Waals surface area (Å²) in [6.07, 6.45) is 2.21. The maximum Gasteiger partial charge on any atom is 0.300 e. The van der Waals surface area contributed by atoms with Crippen molar-refractivity contribution in [3.8, 4) is 34.0 Å². The fourth-order valence-electron chi connectivity index (χ4n) is 9.42. The summed E-state index contributed by atoms with van der Waals surface area (Å²) in [5.74, 6) is 1.08. The Balaban J connectivity index is 1.26. The first-order chi connectivity index (χ1) is 28.3. The predicted octanol–water partition coefficient (Wildman–Crippen LogP) is 12.9. The molecular formula is C53H35N4+. The molecule has 0 radical (unpaired) electrons. The van der Waals surface area contributed by atoms with E-state index in [-0.39, 0.29) is 0 Å². The van der Waals surface area contributed by atoms with E-state index in [1.807, 2.05) is 0 Å². The van der Waals surface area contributed by atoms with Crippen molar-refractivity contribution in [2.24, 2.45) is 0 Å². The standard InChI is InChI=1S/C53H35N4/c1-4-18-36(19-5-1)54-35-17-29-42(41-28-16-27-40-39-24-10-13-30-45(39)56(52(40)41)38-22-8-3-9-23-38)53(54)57-47-32-15-12-26-44(47)51-49(57)34-33-48-50(51)43-25-11-14-31-46(43)55(48)37-20-6-2-7-21-37/h1-35H/q+1. The van der Waals surface area contributed by atoms with Gasteiger partial charge in [0, 0.05) is 49.3 Å². The molecule has 4 heterocycles. The van der Waals surface area contributed by atoms with Gasteiger partial charge in [-0.1, -0.05) is 121 Å². The molecule has 0 bridgehead atoms. The summed E-state index contributed by atoms with van der Waals surface area (Å²) in [5, 5.41) is 7.44. The predicted molar refractivity (Wildman–Crippen MR) is 236 cm³/mol. The fraction of sp³-hybridized carbons (Fsp3) is 0. The van der Waals surface area contributed by atoms with E-state index >= 15 is 0 Å². The minimum Gasteiger partial charge on any atom is -0.309 e. The molecule has 57 heavy (non-hydrogen) atoms. The highest BCUT2D eigenvalue weighted by atomic mass is 15.2. The lowest BCUT2D eigenvalue weighted by Gasteiger charge is -2.15. The maximum atomic E-state index is 2.51. The summed E-state index contributed by atoms with van der Waals surface area (Å²) in [6, 6.07) is 74.8. The number of fused-ring (bicyclic) bond motifs is 10. The number of pyridine rings is 1. The maximum absolute atomic E-state index is 2.51. The molecular weight excluding hydrogens is 693 g/mol. The molecule has 0 amide bonds. The Bertz CT molecular complexity index is 3500. The molecule has 0 spiro atoms. The normalized spacial score (nSPS) is 11.9. The lowest BCUT2D eigenvalue weighted by Crippen LogP contribution is -2.36. The van der Waals surface area contributed by atoms with Crippen LogP contribution in [0.25, 0.3) is 99.4 Å². The molecule has 0 unspecified atom stereocenters. The van der Waals surface area contributed by atoms with Gasteiger partial charge in [-0.05, 0) is 84.9 Å². The number of para-hydroxylation sites is 7. The van der Waals surface area contributed by atoms with Crippen molar-refractivity contribution >= 4 is 65.4 Å². The van der Waals surface area contributed by atoms with Crippen molar-refractivity contribution in [3.05, 3.63) is 212 Å². The molecule has 266 valence electrons. The SMILES string of the molecule is c1ccc(-n2c3ccccc3c3c4c5ccccc5n(-c5c(-c6cccc7c8ccccc8n(-c8ccccc8)c67)ccc[n+]5-c5ccccc5)c4ccc32)cc1. The van der Waals surface area contributed by atoms with Crippen LogP contribution in [-0.4, -0.2) is 13.7 Å². The van der Waals surface area contributed by atoms with Gasteiger partial charge >= 0.3 is 0 Å². The summed E-state index contributed by atoms with van der Waals surface area (Å²) in [4.78, 5) is 0. The van der Waals surface area contributed by atoms with Crippen molar-refractivity contribution in [3.63, 3.8) is 0 Å². The van der Waals surface area contributed by atoms with E-state index < -0.39 is 0 Å². The first-order valence-electron chi connectivity index (χ1n) is 19.5. The number of hydrogen-bond donors (Lipinski definition) is 0. The quantitative estimate of drug-likeness (QED) is 0.157. The largest absolute Gasteiger partial charge is 0.309 e. The summed E-state index contributed by atoms with van der Waals surface area (Å²) in [6.45, 7) is 0. The average molecular weight is 728 g/mol. The number of hydrogen-bond acceptors (Lipinski definition) is 0. The fourth-order valence-corrected chi connectivity index (χ4v) is 9.42. The molecule has 4 nitrogen and oxygen atoms in total. The second kappa shape index (κ2) is 12.4. The van der Waals surface area contributed by atoms with Crippen molar-refractivity contribution in [1.82, 2.24) is 13.7 Å². The summed E-state index contributed by atoms with van der Waals surface area (Å²) >= 11 is 0. The zero-order valence-electron chi connectivity index (χ0n) is 31.0. The molecule has 0 saturated carbocycles. The third kappa shape index (κ3) is 4.59. The first-order valence-corrected chi connectivity index (χ1v) is 19.5. The number of rotatable bonds is 5. The van der Waals surface area contributed by atoms with Gasteiger partial charge in [0.25, 0.3) is 5.82 Å². The first kappa shape index (κ1) is 31.6. The zero-order valence-corrected chi connectivity index (χ0v) is 31.0. The lowest BCUT2D eigenvalue weighted by molar-refractivity contribution is -0.589. The third-order valence-corrected chi connectivity index (χ3v) is 11.7. The van der Waals surface area contributed by atoms with Gasteiger partial charge in [-0.3, -0.25) is 0 Å². The zero-order chi connectivity index (χ0) is 37.5. The molecule has 0 aliphatic rings. The van der Waals surface area contributed by atoms with Crippen LogP contribution < -0.4 is 4.57 Å². The van der Waals surface area contributed by atoms with E-state index in [0.717, 1.165) is 39.5 Å². The van der Waals surface area contributed by atoms with E-state index in [4.69, 9.17) is 0 Å². The molecule has 8 aromatic carbocycles. The Morgan fingerprint density at radius 1 is 0.298 bits per heavy atom. The van der Waals surface area contributed by atoms with Crippen LogP contribution in [0.2, 0.25) is 0 Å². The second-order valence-electron chi connectivity index (χ2n) is 14.7. The Hall–Kier alpha value is -7.69.